The molecule has 0 aliphatic heterocycles. The van der Waals surface area contributed by atoms with Crippen molar-refractivity contribution >= 4 is 34.8 Å². The monoisotopic (exact) mass is 366 g/mol. The maximum Gasteiger partial charge on any atom is 0.255 e. The normalized spacial score (nSPS) is 11.4. The largest absolute Gasteiger partial charge is 0.322 e. The molecule has 2 rings (SSSR count). The first-order chi connectivity index (χ1) is 11.1. The summed E-state index contributed by atoms with van der Waals surface area (Å²) in [4.78, 5) is 12.4. The Labute approximate surface area is 151 Å². The summed E-state index contributed by atoms with van der Waals surface area (Å²) in [6.45, 7) is 3.74. The third-order valence-electron chi connectivity index (χ3n) is 3.32. The molecule has 1 amide bonds. The van der Waals surface area contributed by atoms with Crippen LogP contribution in [0.2, 0.25) is 0 Å². The molecule has 2 aromatic rings. The number of benzene rings is 2. The molecule has 24 heavy (non-hydrogen) atoms. The van der Waals surface area contributed by atoms with Crippen LogP contribution in [-0.4, -0.2) is 22.9 Å². The topological polar surface area (TPSA) is 58.2 Å². The molecule has 130 valence electrons. The highest BCUT2D eigenvalue weighted by Crippen LogP contribution is 2.14. The van der Waals surface area contributed by atoms with Crippen molar-refractivity contribution in [2.24, 2.45) is 0 Å². The smallest absolute Gasteiger partial charge is 0.255 e. The van der Waals surface area contributed by atoms with E-state index in [1.165, 1.54) is 0 Å². The van der Waals surface area contributed by atoms with Crippen molar-refractivity contribution < 1.29 is 9.00 Å². The number of carbonyl (C=O) groups excluding carboxylic acids is 1. The second-order valence-corrected chi connectivity index (χ2v) is 6.79. The van der Waals surface area contributed by atoms with Crippen LogP contribution in [0.1, 0.15) is 28.4 Å². The number of nitrogens with one attached hydrogen (secondary N) is 2. The molecule has 0 aromatic heterocycles. The highest BCUT2D eigenvalue weighted by molar-refractivity contribution is 7.83. The molecular formula is C18H23ClN2O2S. The Balaban J connectivity index is 0.00000288. The van der Waals surface area contributed by atoms with Gasteiger partial charge in [-0.05, 0) is 41.9 Å². The molecule has 0 spiro atoms. The lowest BCUT2D eigenvalue weighted by Gasteiger charge is -2.09. The number of hydrogen-bond donors (Lipinski definition) is 2. The quantitative estimate of drug-likeness (QED) is 0.790. The Morgan fingerprint density at radius 2 is 1.79 bits per heavy atom. The van der Waals surface area contributed by atoms with Crippen LogP contribution in [0.3, 0.4) is 0 Å². The Kier molecular flexibility index (Phi) is 8.68. The molecule has 4 nitrogen and oxygen atoms in total. The van der Waals surface area contributed by atoms with E-state index in [0.29, 0.717) is 11.3 Å². The zero-order chi connectivity index (χ0) is 16.7. The number of hydrogen-bond acceptors (Lipinski definition) is 3. The van der Waals surface area contributed by atoms with Crippen LogP contribution in [-0.2, 0) is 23.1 Å². The lowest BCUT2D eigenvalue weighted by molar-refractivity contribution is 0.102. The Hall–Kier alpha value is -1.69. The van der Waals surface area contributed by atoms with E-state index in [1.54, 1.807) is 18.4 Å². The van der Waals surface area contributed by atoms with E-state index in [1.807, 2.05) is 36.4 Å². The third-order valence-corrected chi connectivity index (χ3v) is 4.06. The maximum atomic E-state index is 12.4. The SMILES string of the molecule is CCNCc1cccc(NC(=O)c2cccc(CS(C)=O)c2)c1.Cl. The van der Waals surface area contributed by atoms with Gasteiger partial charge in [0.2, 0.25) is 0 Å². The Bertz CT molecular complexity index is 707. The maximum absolute atomic E-state index is 12.4. The number of anilines is 1. The number of rotatable bonds is 7. The zero-order valence-corrected chi connectivity index (χ0v) is 15.5. The van der Waals surface area contributed by atoms with Gasteiger partial charge in [0.15, 0.2) is 0 Å². The van der Waals surface area contributed by atoms with Gasteiger partial charge < -0.3 is 10.6 Å². The lowest BCUT2D eigenvalue weighted by Crippen LogP contribution is -2.14. The standard InChI is InChI=1S/C18H22N2O2S.ClH/c1-3-19-12-14-6-5-9-17(11-14)20-18(21)16-8-4-7-15(10-16)13-23(2)22;/h4-11,19H,3,12-13H2,1-2H3,(H,20,21);1H. The van der Waals surface area contributed by atoms with E-state index in [9.17, 15) is 9.00 Å². The van der Waals surface area contributed by atoms with Crippen LogP contribution in [0.25, 0.3) is 0 Å². The number of carbonyl (C=O) groups is 1. The van der Waals surface area contributed by atoms with Crippen molar-refractivity contribution in [3.63, 3.8) is 0 Å². The minimum Gasteiger partial charge on any atom is -0.322 e. The van der Waals surface area contributed by atoms with Gasteiger partial charge in [-0.25, -0.2) is 0 Å². The van der Waals surface area contributed by atoms with Crippen molar-refractivity contribution in [3.05, 3.63) is 65.2 Å². The van der Waals surface area contributed by atoms with Crippen LogP contribution in [0.4, 0.5) is 5.69 Å². The summed E-state index contributed by atoms with van der Waals surface area (Å²) in [7, 11) is -0.921. The molecule has 2 aromatic carbocycles. The van der Waals surface area contributed by atoms with Crippen molar-refractivity contribution in [3.8, 4) is 0 Å². The molecule has 0 saturated carbocycles. The van der Waals surface area contributed by atoms with Gasteiger partial charge in [0.05, 0.1) is 0 Å². The molecular weight excluding hydrogens is 344 g/mol. The minimum atomic E-state index is -0.921. The van der Waals surface area contributed by atoms with Gasteiger partial charge in [-0.15, -0.1) is 12.4 Å². The lowest BCUT2D eigenvalue weighted by atomic mass is 10.1. The molecule has 0 radical (unpaired) electrons. The van der Waals surface area contributed by atoms with Crippen molar-refractivity contribution in [1.29, 1.82) is 0 Å². The molecule has 0 bridgehead atoms. The van der Waals surface area contributed by atoms with Crippen molar-refractivity contribution in [2.45, 2.75) is 19.2 Å². The van der Waals surface area contributed by atoms with Crippen LogP contribution in [0, 0.1) is 0 Å². The average molecular weight is 367 g/mol. The second kappa shape index (κ2) is 10.2. The average Bonchev–Trinajstić information content (AvgIpc) is 2.53. The van der Waals surface area contributed by atoms with E-state index >= 15 is 0 Å². The summed E-state index contributed by atoms with van der Waals surface area (Å²) in [5.41, 5.74) is 3.37. The van der Waals surface area contributed by atoms with Gasteiger partial charge in [-0.1, -0.05) is 31.2 Å². The van der Waals surface area contributed by atoms with Gasteiger partial charge in [-0.3, -0.25) is 9.00 Å². The van der Waals surface area contributed by atoms with Crippen LogP contribution < -0.4 is 10.6 Å². The molecule has 6 heteroatoms. The Morgan fingerprint density at radius 1 is 1.08 bits per heavy atom. The molecule has 2 N–H and O–H groups in total. The summed E-state index contributed by atoms with van der Waals surface area (Å²) in [6.07, 6.45) is 1.66. The minimum absolute atomic E-state index is 0. The fraction of sp³-hybridized carbons (Fsp3) is 0.278. The van der Waals surface area contributed by atoms with E-state index in [2.05, 4.69) is 17.6 Å². The third kappa shape index (κ3) is 6.43. The van der Waals surface area contributed by atoms with Gasteiger partial charge in [0.25, 0.3) is 5.91 Å². The zero-order valence-electron chi connectivity index (χ0n) is 13.9. The van der Waals surface area contributed by atoms with Gasteiger partial charge in [0, 0.05) is 40.6 Å². The van der Waals surface area contributed by atoms with E-state index in [0.717, 1.165) is 29.9 Å². The first-order valence-corrected chi connectivity index (χ1v) is 9.31. The highest BCUT2D eigenvalue weighted by atomic mass is 35.5. The van der Waals surface area contributed by atoms with Crippen molar-refractivity contribution in [1.82, 2.24) is 5.32 Å². The fourth-order valence-corrected chi connectivity index (χ4v) is 2.92. The summed E-state index contributed by atoms with van der Waals surface area (Å²) in [5.74, 6) is 0.300. The van der Waals surface area contributed by atoms with E-state index in [4.69, 9.17) is 0 Å². The first kappa shape index (κ1) is 20.4. The second-order valence-electron chi connectivity index (χ2n) is 5.35. The van der Waals surface area contributed by atoms with Gasteiger partial charge in [0.1, 0.15) is 0 Å². The van der Waals surface area contributed by atoms with Crippen LogP contribution in [0.15, 0.2) is 48.5 Å². The van der Waals surface area contributed by atoms with Crippen LogP contribution in [0.5, 0.6) is 0 Å². The summed E-state index contributed by atoms with van der Waals surface area (Å²) in [5, 5.41) is 6.17. The van der Waals surface area contributed by atoms with E-state index in [-0.39, 0.29) is 18.3 Å². The predicted molar refractivity (Wildman–Crippen MR) is 103 cm³/mol. The van der Waals surface area contributed by atoms with E-state index < -0.39 is 10.8 Å². The number of halogens is 1. The van der Waals surface area contributed by atoms with Crippen LogP contribution >= 0.6 is 12.4 Å². The predicted octanol–water partition coefficient (Wildman–Crippen LogP) is 3.35. The molecule has 0 saturated heterocycles. The fourth-order valence-electron chi connectivity index (χ4n) is 2.27. The molecule has 0 fully saturated rings. The molecule has 1 unspecified atom stereocenters. The molecule has 1 atom stereocenters. The summed E-state index contributed by atoms with van der Waals surface area (Å²) in [6, 6.07) is 15.0. The Morgan fingerprint density at radius 3 is 2.50 bits per heavy atom. The molecule has 0 aliphatic rings. The summed E-state index contributed by atoms with van der Waals surface area (Å²) < 4.78 is 11.3. The molecule has 0 heterocycles. The van der Waals surface area contributed by atoms with Crippen molar-refractivity contribution in [2.75, 3.05) is 18.1 Å². The molecule has 0 aliphatic carbocycles. The number of amides is 1. The van der Waals surface area contributed by atoms with Gasteiger partial charge in [-0.2, -0.15) is 0 Å². The first-order valence-electron chi connectivity index (χ1n) is 7.58. The van der Waals surface area contributed by atoms with Gasteiger partial charge >= 0.3 is 0 Å². The summed E-state index contributed by atoms with van der Waals surface area (Å²) >= 11 is 0. The highest BCUT2D eigenvalue weighted by Gasteiger charge is 2.08.